The van der Waals surface area contributed by atoms with Crippen molar-refractivity contribution in [2.75, 3.05) is 18.0 Å². The van der Waals surface area contributed by atoms with Gasteiger partial charge in [0, 0.05) is 17.6 Å². The third kappa shape index (κ3) is 2.43. The van der Waals surface area contributed by atoms with Gasteiger partial charge in [0.05, 0.1) is 17.6 Å². The number of carbonyl (C=O) groups excluding carboxylic acids is 2. The van der Waals surface area contributed by atoms with Gasteiger partial charge < -0.3 is 0 Å². The Labute approximate surface area is 166 Å². The Bertz CT molecular complexity index is 929. The largest absolute Gasteiger partial charge is 0.274 e. The monoisotopic (exact) mass is 425 g/mol. The van der Waals surface area contributed by atoms with Gasteiger partial charge in [-0.25, -0.2) is 14.9 Å². The number of anilines is 1. The first-order valence-corrected chi connectivity index (χ1v) is 10.1. The molecule has 3 saturated heterocycles. The van der Waals surface area contributed by atoms with Gasteiger partial charge in [-0.1, -0.05) is 42.0 Å². The van der Waals surface area contributed by atoms with E-state index in [-0.39, 0.29) is 23.8 Å². The molecule has 0 aliphatic carbocycles. The first kappa shape index (κ1) is 17.1. The molecular formula is C21H20BrN3O2. The standard InChI is InChI=1S/C21H20BrN3O2/c1-13-7-9-14(10-8-13)18-17-19(24-12-4-11-23(18)24)21(27)25(20(17)26)16-6-3-2-5-15(16)22/h2-3,5-10,17-19H,4,11-12H2,1H3/t17-,18-,19-/m1/s1. The van der Waals surface area contributed by atoms with Crippen molar-refractivity contribution in [2.24, 2.45) is 5.92 Å². The van der Waals surface area contributed by atoms with Gasteiger partial charge in [-0.3, -0.25) is 9.59 Å². The summed E-state index contributed by atoms with van der Waals surface area (Å²) in [4.78, 5) is 28.2. The molecule has 3 aliphatic rings. The second kappa shape index (κ2) is 6.26. The van der Waals surface area contributed by atoms with E-state index in [1.165, 1.54) is 10.5 Å². The van der Waals surface area contributed by atoms with E-state index in [9.17, 15) is 9.59 Å². The molecule has 6 heteroatoms. The van der Waals surface area contributed by atoms with Crippen LogP contribution in [0.1, 0.15) is 23.6 Å². The van der Waals surface area contributed by atoms with Crippen LogP contribution in [0.2, 0.25) is 0 Å². The number of hydrazine groups is 1. The molecule has 0 unspecified atom stereocenters. The number of para-hydroxylation sites is 1. The zero-order valence-electron chi connectivity index (χ0n) is 15.0. The maximum absolute atomic E-state index is 13.5. The second-order valence-corrected chi connectivity index (χ2v) is 8.32. The number of benzene rings is 2. The van der Waals surface area contributed by atoms with Crippen molar-refractivity contribution in [3.63, 3.8) is 0 Å². The Morgan fingerprint density at radius 2 is 1.56 bits per heavy atom. The molecule has 0 N–H and O–H groups in total. The maximum atomic E-state index is 13.5. The minimum atomic E-state index is -0.404. The van der Waals surface area contributed by atoms with Gasteiger partial charge in [-0.05, 0) is 47.0 Å². The Balaban J connectivity index is 1.60. The number of carbonyl (C=O) groups is 2. The number of aryl methyl sites for hydroxylation is 1. The molecule has 2 aromatic rings. The average molecular weight is 426 g/mol. The van der Waals surface area contributed by atoms with E-state index >= 15 is 0 Å². The summed E-state index contributed by atoms with van der Waals surface area (Å²) in [6, 6.07) is 15.3. The number of rotatable bonds is 2. The lowest BCUT2D eigenvalue weighted by atomic mass is 9.89. The fourth-order valence-electron chi connectivity index (χ4n) is 4.75. The minimum absolute atomic E-state index is 0.0814. The average Bonchev–Trinajstić information content (AvgIpc) is 3.30. The molecule has 3 aliphatic heterocycles. The number of fused-ring (bicyclic) bond motifs is 3. The third-order valence-electron chi connectivity index (χ3n) is 5.92. The number of nitrogens with zero attached hydrogens (tertiary/aromatic N) is 3. The van der Waals surface area contributed by atoms with E-state index in [0.29, 0.717) is 5.69 Å². The van der Waals surface area contributed by atoms with Crippen LogP contribution in [0.5, 0.6) is 0 Å². The van der Waals surface area contributed by atoms with Crippen LogP contribution in [0.4, 0.5) is 5.69 Å². The summed E-state index contributed by atoms with van der Waals surface area (Å²) in [7, 11) is 0. The van der Waals surface area contributed by atoms with Crippen LogP contribution < -0.4 is 4.90 Å². The molecule has 3 atom stereocenters. The maximum Gasteiger partial charge on any atom is 0.253 e. The van der Waals surface area contributed by atoms with Crippen LogP contribution in [-0.2, 0) is 9.59 Å². The van der Waals surface area contributed by atoms with Gasteiger partial charge >= 0.3 is 0 Å². The highest BCUT2D eigenvalue weighted by Crippen LogP contribution is 2.49. The van der Waals surface area contributed by atoms with Crippen LogP contribution in [0.25, 0.3) is 0 Å². The molecule has 3 heterocycles. The zero-order chi connectivity index (χ0) is 18.7. The van der Waals surface area contributed by atoms with E-state index in [1.807, 2.05) is 24.3 Å². The number of hydrogen-bond acceptors (Lipinski definition) is 4. The van der Waals surface area contributed by atoms with Gasteiger partial charge in [0.25, 0.3) is 5.91 Å². The molecular weight excluding hydrogens is 406 g/mol. The first-order chi connectivity index (χ1) is 13.1. The lowest BCUT2D eigenvalue weighted by Crippen LogP contribution is -2.44. The second-order valence-electron chi connectivity index (χ2n) is 7.47. The Kier molecular flexibility index (Phi) is 3.96. The highest BCUT2D eigenvalue weighted by Gasteiger charge is 2.62. The highest BCUT2D eigenvalue weighted by molar-refractivity contribution is 9.10. The molecule has 2 amide bonds. The minimum Gasteiger partial charge on any atom is -0.274 e. The van der Waals surface area contributed by atoms with E-state index < -0.39 is 6.04 Å². The Hall–Kier alpha value is -2.02. The lowest BCUT2D eigenvalue weighted by Gasteiger charge is -2.30. The predicted octanol–water partition coefficient (Wildman–Crippen LogP) is 3.29. The normalized spacial score (nSPS) is 28.1. The predicted molar refractivity (Wildman–Crippen MR) is 106 cm³/mol. The third-order valence-corrected chi connectivity index (χ3v) is 6.59. The van der Waals surface area contributed by atoms with Crippen LogP contribution in [0, 0.1) is 12.8 Å². The molecule has 3 fully saturated rings. The van der Waals surface area contributed by atoms with Crippen LogP contribution in [0.15, 0.2) is 53.0 Å². The fourth-order valence-corrected chi connectivity index (χ4v) is 5.21. The molecule has 0 saturated carbocycles. The molecule has 0 radical (unpaired) electrons. The van der Waals surface area contributed by atoms with Crippen LogP contribution in [0.3, 0.4) is 0 Å². The highest BCUT2D eigenvalue weighted by atomic mass is 79.9. The van der Waals surface area contributed by atoms with Crippen LogP contribution in [-0.4, -0.2) is 41.0 Å². The van der Waals surface area contributed by atoms with Gasteiger partial charge in [0.2, 0.25) is 5.91 Å². The summed E-state index contributed by atoms with van der Waals surface area (Å²) in [6.07, 6.45) is 1.02. The SMILES string of the molecule is Cc1ccc([C@@H]2[C@H]3C(=O)N(c4ccccc4Br)C(=O)[C@@H]3N3CCCN23)cc1. The zero-order valence-corrected chi connectivity index (χ0v) is 16.6. The van der Waals surface area contributed by atoms with Gasteiger partial charge in [-0.15, -0.1) is 0 Å². The molecule has 0 bridgehead atoms. The molecule has 27 heavy (non-hydrogen) atoms. The summed E-state index contributed by atoms with van der Waals surface area (Å²) in [6.45, 7) is 3.77. The molecule has 2 aromatic carbocycles. The molecule has 0 spiro atoms. The summed E-state index contributed by atoms with van der Waals surface area (Å²) >= 11 is 3.50. The summed E-state index contributed by atoms with van der Waals surface area (Å²) in [5.41, 5.74) is 2.93. The van der Waals surface area contributed by atoms with Crippen molar-refractivity contribution in [3.8, 4) is 0 Å². The Morgan fingerprint density at radius 3 is 2.26 bits per heavy atom. The summed E-state index contributed by atoms with van der Waals surface area (Å²) < 4.78 is 0.761. The van der Waals surface area contributed by atoms with Crippen molar-refractivity contribution in [2.45, 2.75) is 25.4 Å². The molecule has 138 valence electrons. The number of hydrogen-bond donors (Lipinski definition) is 0. The van der Waals surface area contributed by atoms with E-state index in [0.717, 1.165) is 29.5 Å². The molecule has 5 rings (SSSR count). The fraction of sp³-hybridized carbons (Fsp3) is 0.333. The molecule has 5 nitrogen and oxygen atoms in total. The topological polar surface area (TPSA) is 43.9 Å². The van der Waals surface area contributed by atoms with Crippen molar-refractivity contribution in [3.05, 3.63) is 64.1 Å². The summed E-state index contributed by atoms with van der Waals surface area (Å²) in [5.74, 6) is -0.581. The molecule has 0 aromatic heterocycles. The quantitative estimate of drug-likeness (QED) is 0.692. The summed E-state index contributed by atoms with van der Waals surface area (Å²) in [5, 5.41) is 4.37. The number of imide groups is 1. The van der Waals surface area contributed by atoms with Crippen molar-refractivity contribution in [1.82, 2.24) is 10.0 Å². The van der Waals surface area contributed by atoms with Crippen molar-refractivity contribution < 1.29 is 9.59 Å². The van der Waals surface area contributed by atoms with Crippen molar-refractivity contribution >= 4 is 33.4 Å². The number of halogens is 1. The first-order valence-electron chi connectivity index (χ1n) is 9.30. The van der Waals surface area contributed by atoms with Gasteiger partial charge in [0.15, 0.2) is 0 Å². The van der Waals surface area contributed by atoms with Crippen molar-refractivity contribution in [1.29, 1.82) is 0 Å². The van der Waals surface area contributed by atoms with E-state index in [2.05, 4.69) is 57.1 Å². The number of amides is 2. The van der Waals surface area contributed by atoms with Gasteiger partial charge in [0.1, 0.15) is 6.04 Å². The lowest BCUT2D eigenvalue weighted by molar-refractivity contribution is -0.126. The van der Waals surface area contributed by atoms with E-state index in [4.69, 9.17) is 0 Å². The van der Waals surface area contributed by atoms with Crippen LogP contribution >= 0.6 is 15.9 Å². The Morgan fingerprint density at radius 1 is 0.889 bits per heavy atom. The van der Waals surface area contributed by atoms with Gasteiger partial charge in [-0.2, -0.15) is 0 Å². The van der Waals surface area contributed by atoms with E-state index in [1.54, 1.807) is 0 Å². The smallest absolute Gasteiger partial charge is 0.253 e.